The highest BCUT2D eigenvalue weighted by Gasteiger charge is 2.28. The molecule has 0 N–H and O–H groups in total. The van der Waals surface area contributed by atoms with Crippen molar-refractivity contribution in [2.75, 3.05) is 25.9 Å². The van der Waals surface area contributed by atoms with Crippen LogP contribution in [0.25, 0.3) is 0 Å². The van der Waals surface area contributed by atoms with Gasteiger partial charge in [-0.1, -0.05) is 17.8 Å². The summed E-state index contributed by atoms with van der Waals surface area (Å²) in [5.41, 5.74) is 1.19. The molecule has 110 valence electrons. The van der Waals surface area contributed by atoms with Gasteiger partial charge < -0.3 is 0 Å². The molecule has 0 aliphatic carbocycles. The third-order valence-electron chi connectivity index (χ3n) is 3.86. The highest BCUT2D eigenvalue weighted by atomic mass is 32.2. The molecule has 0 saturated carbocycles. The Bertz CT molecular complexity index is 434. The number of thioether (sulfide) groups is 1. The van der Waals surface area contributed by atoms with Crippen molar-refractivity contribution in [1.82, 2.24) is 19.8 Å². The molecule has 1 aliphatic heterocycles. The number of rotatable bonds is 5. The molecule has 0 bridgehead atoms. The van der Waals surface area contributed by atoms with Crippen molar-refractivity contribution in [3.8, 4) is 0 Å². The van der Waals surface area contributed by atoms with E-state index in [-0.39, 0.29) is 0 Å². The molecule has 1 aromatic heterocycles. The summed E-state index contributed by atoms with van der Waals surface area (Å²) in [7, 11) is 0. The van der Waals surface area contributed by atoms with E-state index >= 15 is 0 Å². The van der Waals surface area contributed by atoms with Crippen molar-refractivity contribution in [2.45, 2.75) is 37.6 Å². The van der Waals surface area contributed by atoms with E-state index in [2.05, 4.69) is 40.2 Å². The molecular formula is C15H24N4S. The van der Waals surface area contributed by atoms with Crippen LogP contribution in [-0.4, -0.2) is 57.7 Å². The fraction of sp³-hybridized carbons (Fsp3) is 0.600. The molecule has 0 aromatic carbocycles. The van der Waals surface area contributed by atoms with E-state index in [1.807, 2.05) is 24.7 Å². The lowest BCUT2D eigenvalue weighted by molar-refractivity contribution is 0.0450. The van der Waals surface area contributed by atoms with Crippen molar-refractivity contribution in [3.63, 3.8) is 0 Å². The lowest BCUT2D eigenvalue weighted by atomic mass is 10.1. The van der Waals surface area contributed by atoms with Crippen molar-refractivity contribution in [1.29, 1.82) is 0 Å². The average molecular weight is 292 g/mol. The number of piperazine rings is 1. The van der Waals surface area contributed by atoms with Gasteiger partial charge in [-0.2, -0.15) is 0 Å². The van der Waals surface area contributed by atoms with Crippen molar-refractivity contribution in [3.05, 3.63) is 30.6 Å². The molecule has 1 saturated heterocycles. The molecule has 2 atom stereocenters. The zero-order valence-electron chi connectivity index (χ0n) is 12.6. The molecule has 0 radical (unpaired) electrons. The van der Waals surface area contributed by atoms with Crippen LogP contribution >= 0.6 is 11.8 Å². The SMILES string of the molecule is C=CCN1C[C@@H](C)N(Cc2cnc(SC)nc2)C[C@H]1C. The summed E-state index contributed by atoms with van der Waals surface area (Å²) in [5.74, 6) is 0. The Hall–Kier alpha value is -0.910. The van der Waals surface area contributed by atoms with Gasteiger partial charge in [0.05, 0.1) is 0 Å². The van der Waals surface area contributed by atoms with Crippen molar-refractivity contribution in [2.24, 2.45) is 0 Å². The lowest BCUT2D eigenvalue weighted by Crippen LogP contribution is -2.55. The predicted octanol–water partition coefficient (Wildman–Crippen LogP) is 2.28. The van der Waals surface area contributed by atoms with Gasteiger partial charge in [-0.15, -0.1) is 6.58 Å². The number of hydrogen-bond donors (Lipinski definition) is 0. The Balaban J connectivity index is 1.97. The maximum absolute atomic E-state index is 4.35. The fourth-order valence-electron chi connectivity index (χ4n) is 2.67. The Kier molecular flexibility index (Phi) is 5.57. The predicted molar refractivity (Wildman–Crippen MR) is 84.9 cm³/mol. The van der Waals surface area contributed by atoms with E-state index in [0.29, 0.717) is 12.1 Å². The standard InChI is InChI=1S/C15H24N4S/c1-5-6-18-9-13(3)19(10-12(18)2)11-14-7-16-15(20-4)17-8-14/h5,7-8,12-13H,1,6,9-11H2,2-4H3/t12-,13-/m1/s1. The van der Waals surface area contributed by atoms with Crippen LogP contribution in [0.5, 0.6) is 0 Å². The smallest absolute Gasteiger partial charge is 0.187 e. The molecule has 1 aromatic rings. The maximum atomic E-state index is 4.35. The molecule has 0 unspecified atom stereocenters. The van der Waals surface area contributed by atoms with E-state index in [1.54, 1.807) is 11.8 Å². The van der Waals surface area contributed by atoms with Gasteiger partial charge in [0.2, 0.25) is 0 Å². The van der Waals surface area contributed by atoms with Gasteiger partial charge in [-0.25, -0.2) is 9.97 Å². The van der Waals surface area contributed by atoms with Crippen LogP contribution < -0.4 is 0 Å². The minimum absolute atomic E-state index is 0.548. The first-order valence-corrected chi connectivity index (χ1v) is 8.30. The second kappa shape index (κ2) is 7.20. The Labute approximate surface area is 126 Å². The largest absolute Gasteiger partial charge is 0.294 e. The summed E-state index contributed by atoms with van der Waals surface area (Å²) in [6, 6.07) is 1.11. The van der Waals surface area contributed by atoms with Crippen LogP contribution in [-0.2, 0) is 6.54 Å². The van der Waals surface area contributed by atoms with Crippen LogP contribution in [0.1, 0.15) is 19.4 Å². The van der Waals surface area contributed by atoms with Crippen LogP contribution in [0, 0.1) is 0 Å². The number of hydrogen-bond acceptors (Lipinski definition) is 5. The number of nitrogens with zero attached hydrogens (tertiary/aromatic N) is 4. The first kappa shape index (κ1) is 15.5. The maximum Gasteiger partial charge on any atom is 0.187 e. The van der Waals surface area contributed by atoms with E-state index in [9.17, 15) is 0 Å². The molecule has 1 aliphatic rings. The highest BCUT2D eigenvalue weighted by Crippen LogP contribution is 2.18. The quantitative estimate of drug-likeness (QED) is 0.472. The topological polar surface area (TPSA) is 32.3 Å². The monoisotopic (exact) mass is 292 g/mol. The lowest BCUT2D eigenvalue weighted by Gasteiger charge is -2.43. The molecule has 5 heteroatoms. The zero-order valence-corrected chi connectivity index (χ0v) is 13.4. The number of aromatic nitrogens is 2. The second-order valence-corrected chi connectivity index (χ2v) is 6.22. The summed E-state index contributed by atoms with van der Waals surface area (Å²) in [6.07, 6.45) is 7.89. The van der Waals surface area contributed by atoms with E-state index in [4.69, 9.17) is 0 Å². The van der Waals surface area contributed by atoms with Crippen LogP contribution in [0.15, 0.2) is 30.2 Å². The molecule has 2 heterocycles. The minimum atomic E-state index is 0.548. The van der Waals surface area contributed by atoms with Crippen LogP contribution in [0.4, 0.5) is 0 Å². The zero-order chi connectivity index (χ0) is 14.5. The van der Waals surface area contributed by atoms with Gasteiger partial charge in [0.1, 0.15) is 0 Å². The summed E-state index contributed by atoms with van der Waals surface area (Å²) < 4.78 is 0. The van der Waals surface area contributed by atoms with Crippen molar-refractivity contribution >= 4 is 11.8 Å². The van der Waals surface area contributed by atoms with Gasteiger partial charge >= 0.3 is 0 Å². The minimum Gasteiger partial charge on any atom is -0.294 e. The Morgan fingerprint density at radius 1 is 1.25 bits per heavy atom. The summed E-state index contributed by atoms with van der Waals surface area (Å²) in [5, 5.41) is 0.839. The van der Waals surface area contributed by atoms with E-state index < -0.39 is 0 Å². The molecule has 1 fully saturated rings. The third kappa shape index (κ3) is 3.81. The molecule has 20 heavy (non-hydrogen) atoms. The fourth-order valence-corrected chi connectivity index (χ4v) is 2.99. The van der Waals surface area contributed by atoms with Gasteiger partial charge in [0.15, 0.2) is 5.16 Å². The van der Waals surface area contributed by atoms with E-state index in [1.165, 1.54) is 5.56 Å². The van der Waals surface area contributed by atoms with Gasteiger partial charge in [0, 0.05) is 56.2 Å². The molecule has 2 rings (SSSR count). The Morgan fingerprint density at radius 3 is 2.45 bits per heavy atom. The van der Waals surface area contributed by atoms with Gasteiger partial charge in [-0.3, -0.25) is 9.80 Å². The second-order valence-electron chi connectivity index (χ2n) is 5.45. The summed E-state index contributed by atoms with van der Waals surface area (Å²) >= 11 is 1.58. The Morgan fingerprint density at radius 2 is 1.85 bits per heavy atom. The van der Waals surface area contributed by atoms with Gasteiger partial charge in [-0.05, 0) is 20.1 Å². The van der Waals surface area contributed by atoms with E-state index in [0.717, 1.165) is 31.3 Å². The molecule has 0 spiro atoms. The van der Waals surface area contributed by atoms with Crippen molar-refractivity contribution < 1.29 is 0 Å². The molecule has 0 amide bonds. The van der Waals surface area contributed by atoms with Gasteiger partial charge in [0.25, 0.3) is 0 Å². The highest BCUT2D eigenvalue weighted by molar-refractivity contribution is 7.98. The third-order valence-corrected chi connectivity index (χ3v) is 4.43. The first-order valence-electron chi connectivity index (χ1n) is 7.08. The average Bonchev–Trinajstić information content (AvgIpc) is 2.45. The molecular weight excluding hydrogens is 268 g/mol. The summed E-state index contributed by atoms with van der Waals surface area (Å²) in [6.45, 7) is 12.5. The van der Waals surface area contributed by atoms with Crippen LogP contribution in [0.3, 0.4) is 0 Å². The van der Waals surface area contributed by atoms with Crippen LogP contribution in [0.2, 0.25) is 0 Å². The molecule has 4 nitrogen and oxygen atoms in total. The normalized spacial score (nSPS) is 24.8. The first-order chi connectivity index (χ1) is 9.63. The summed E-state index contributed by atoms with van der Waals surface area (Å²) in [4.78, 5) is 13.7.